The summed E-state index contributed by atoms with van der Waals surface area (Å²) in [6, 6.07) is 8.21. The van der Waals surface area contributed by atoms with E-state index in [2.05, 4.69) is 21.2 Å². The first kappa shape index (κ1) is 20.6. The quantitative estimate of drug-likeness (QED) is 0.382. The van der Waals surface area contributed by atoms with Crippen LogP contribution in [0.1, 0.15) is 40.4 Å². The molecule has 1 saturated heterocycles. The average Bonchev–Trinajstić information content (AvgIpc) is 3.52. The molecule has 4 heterocycles. The van der Waals surface area contributed by atoms with Gasteiger partial charge in [-0.05, 0) is 31.9 Å². The van der Waals surface area contributed by atoms with Gasteiger partial charge in [0.15, 0.2) is 0 Å². The Hall–Kier alpha value is -2.30. The molecular weight excluding hydrogens is 450 g/mol. The predicted octanol–water partition coefficient (Wildman–Crippen LogP) is 4.53. The number of hydrogen-bond donors (Lipinski definition) is 0. The second kappa shape index (κ2) is 9.05. The third-order valence-corrected chi connectivity index (χ3v) is 8.02. The van der Waals surface area contributed by atoms with Crippen molar-refractivity contribution in [3.8, 4) is 0 Å². The van der Waals surface area contributed by atoms with Crippen molar-refractivity contribution in [2.24, 2.45) is 0 Å². The fraction of sp³-hybridized carbons (Fsp3) is 0.381. The largest absolute Gasteiger partial charge is 0.416 e. The number of carbonyl (C=O) groups excluding carboxylic acids is 1. The van der Waals surface area contributed by atoms with Gasteiger partial charge >= 0.3 is 0 Å². The van der Waals surface area contributed by atoms with Gasteiger partial charge in [0.2, 0.25) is 11.8 Å². The van der Waals surface area contributed by atoms with Crippen molar-refractivity contribution in [3.05, 3.63) is 51.2 Å². The van der Waals surface area contributed by atoms with Gasteiger partial charge in [-0.15, -0.1) is 32.9 Å². The molecule has 7 nitrogen and oxygen atoms in total. The van der Waals surface area contributed by atoms with Gasteiger partial charge in [-0.3, -0.25) is 4.79 Å². The molecule has 3 aromatic heterocycles. The third kappa shape index (κ3) is 4.81. The molecule has 4 aromatic rings. The highest BCUT2D eigenvalue weighted by molar-refractivity contribution is 7.99. The molecule has 0 spiro atoms. The Morgan fingerprint density at radius 2 is 2.19 bits per heavy atom. The van der Waals surface area contributed by atoms with Crippen LogP contribution in [0, 0.1) is 6.92 Å². The Balaban J connectivity index is 1.17. The molecule has 31 heavy (non-hydrogen) atoms. The van der Waals surface area contributed by atoms with Crippen LogP contribution in [0.3, 0.4) is 0 Å². The van der Waals surface area contributed by atoms with E-state index >= 15 is 0 Å². The summed E-state index contributed by atoms with van der Waals surface area (Å²) in [6.07, 6.45) is 2.58. The standard InChI is InChI=1S/C21H21N5O2S3/c1-13-22-15(11-29-13)9-18-24-25-21(28-18)30-12-19(27)26-8-4-5-14(10-26)20-23-16-6-2-3-7-17(16)31-20/h2-3,6-7,11,14H,4-5,8-10,12H2,1H3/t14-/m1/s1. The number of para-hydroxylation sites is 1. The Bertz CT molecular complexity index is 1170. The number of amides is 1. The highest BCUT2D eigenvalue weighted by Gasteiger charge is 2.27. The van der Waals surface area contributed by atoms with Gasteiger partial charge < -0.3 is 9.32 Å². The predicted molar refractivity (Wildman–Crippen MR) is 123 cm³/mol. The van der Waals surface area contributed by atoms with Crippen LogP contribution in [0.5, 0.6) is 0 Å². The van der Waals surface area contributed by atoms with Gasteiger partial charge in [-0.25, -0.2) is 9.97 Å². The summed E-state index contributed by atoms with van der Waals surface area (Å²) in [5, 5.41) is 12.7. The Morgan fingerprint density at radius 1 is 1.29 bits per heavy atom. The summed E-state index contributed by atoms with van der Waals surface area (Å²) in [4.78, 5) is 24.0. The third-order valence-electron chi connectivity index (χ3n) is 5.20. The molecule has 0 aliphatic carbocycles. The summed E-state index contributed by atoms with van der Waals surface area (Å²) in [7, 11) is 0. The van der Waals surface area contributed by atoms with E-state index in [1.54, 1.807) is 22.7 Å². The molecule has 1 aliphatic heterocycles. The lowest BCUT2D eigenvalue weighted by Gasteiger charge is -2.31. The van der Waals surface area contributed by atoms with Gasteiger partial charge in [0.25, 0.3) is 5.22 Å². The van der Waals surface area contributed by atoms with Crippen molar-refractivity contribution in [2.45, 2.75) is 37.3 Å². The number of rotatable bonds is 6. The highest BCUT2D eigenvalue weighted by atomic mass is 32.2. The van der Waals surface area contributed by atoms with Crippen LogP contribution in [0.4, 0.5) is 0 Å². The minimum Gasteiger partial charge on any atom is -0.416 e. The maximum absolute atomic E-state index is 12.8. The van der Waals surface area contributed by atoms with Crippen LogP contribution in [0.25, 0.3) is 10.2 Å². The van der Waals surface area contributed by atoms with E-state index < -0.39 is 0 Å². The lowest BCUT2D eigenvalue weighted by atomic mass is 9.99. The number of aryl methyl sites for hydroxylation is 1. The number of likely N-dealkylation sites (tertiary alicyclic amines) is 1. The first-order valence-corrected chi connectivity index (χ1v) is 12.8. The first-order chi connectivity index (χ1) is 15.1. The van der Waals surface area contributed by atoms with Crippen molar-refractivity contribution >= 4 is 50.6 Å². The van der Waals surface area contributed by atoms with Crippen molar-refractivity contribution < 1.29 is 9.21 Å². The molecule has 1 atom stereocenters. The van der Waals surface area contributed by atoms with Gasteiger partial charge in [0.1, 0.15) is 0 Å². The molecule has 0 bridgehead atoms. The molecule has 10 heteroatoms. The maximum Gasteiger partial charge on any atom is 0.277 e. The van der Waals surface area contributed by atoms with E-state index in [4.69, 9.17) is 9.40 Å². The molecular formula is C21H21N5O2S3. The van der Waals surface area contributed by atoms with Crippen LogP contribution < -0.4 is 0 Å². The number of hydrogen-bond acceptors (Lipinski definition) is 9. The number of piperidine rings is 1. The molecule has 0 unspecified atom stereocenters. The fourth-order valence-electron chi connectivity index (χ4n) is 3.70. The van der Waals surface area contributed by atoms with E-state index in [0.29, 0.717) is 29.2 Å². The van der Waals surface area contributed by atoms with E-state index in [1.165, 1.54) is 16.5 Å². The number of carbonyl (C=O) groups is 1. The van der Waals surface area contributed by atoms with Crippen molar-refractivity contribution in [1.82, 2.24) is 25.1 Å². The normalized spacial score (nSPS) is 16.8. The summed E-state index contributed by atoms with van der Waals surface area (Å²) >= 11 is 4.64. The fourth-order valence-corrected chi connectivity index (χ4v) is 6.09. The second-order valence-electron chi connectivity index (χ2n) is 7.48. The van der Waals surface area contributed by atoms with Crippen LogP contribution in [0.15, 0.2) is 39.3 Å². The molecule has 1 aromatic carbocycles. The molecule has 1 aliphatic rings. The van der Waals surface area contributed by atoms with Crippen LogP contribution in [-0.2, 0) is 11.2 Å². The van der Waals surface area contributed by atoms with Crippen molar-refractivity contribution in [1.29, 1.82) is 0 Å². The Morgan fingerprint density at radius 3 is 3.03 bits per heavy atom. The number of benzene rings is 1. The van der Waals surface area contributed by atoms with Gasteiger partial charge in [-0.1, -0.05) is 23.9 Å². The number of thioether (sulfide) groups is 1. The average molecular weight is 472 g/mol. The minimum atomic E-state index is 0.102. The molecule has 1 fully saturated rings. The maximum atomic E-state index is 12.8. The van der Waals surface area contributed by atoms with Crippen molar-refractivity contribution in [2.75, 3.05) is 18.8 Å². The number of thiazole rings is 2. The van der Waals surface area contributed by atoms with Gasteiger partial charge in [0, 0.05) is 24.4 Å². The SMILES string of the molecule is Cc1nc(Cc2nnc(SCC(=O)N3CCC[C@@H](c4nc5ccccc5s4)C3)o2)cs1. The first-order valence-electron chi connectivity index (χ1n) is 10.1. The lowest BCUT2D eigenvalue weighted by molar-refractivity contribution is -0.129. The number of nitrogens with zero attached hydrogens (tertiary/aromatic N) is 5. The Kier molecular flexibility index (Phi) is 6.02. The Labute approximate surface area is 191 Å². The van der Waals surface area contributed by atoms with E-state index in [0.717, 1.165) is 47.2 Å². The minimum absolute atomic E-state index is 0.102. The van der Waals surface area contributed by atoms with Gasteiger partial charge in [0.05, 0.1) is 38.1 Å². The molecule has 160 valence electrons. The lowest BCUT2D eigenvalue weighted by Crippen LogP contribution is -2.40. The molecule has 1 amide bonds. The summed E-state index contributed by atoms with van der Waals surface area (Å²) in [6.45, 7) is 3.48. The van der Waals surface area contributed by atoms with Crippen LogP contribution >= 0.6 is 34.4 Å². The van der Waals surface area contributed by atoms with Crippen LogP contribution in [0.2, 0.25) is 0 Å². The monoisotopic (exact) mass is 471 g/mol. The van der Waals surface area contributed by atoms with E-state index in [9.17, 15) is 4.79 Å². The highest BCUT2D eigenvalue weighted by Crippen LogP contribution is 2.33. The molecule has 0 saturated carbocycles. The van der Waals surface area contributed by atoms with Crippen molar-refractivity contribution in [3.63, 3.8) is 0 Å². The van der Waals surface area contributed by atoms with E-state index in [1.807, 2.05) is 35.4 Å². The van der Waals surface area contributed by atoms with Crippen LogP contribution in [-0.4, -0.2) is 49.8 Å². The summed E-state index contributed by atoms with van der Waals surface area (Å²) < 4.78 is 6.89. The zero-order valence-corrected chi connectivity index (χ0v) is 19.4. The molecule has 0 radical (unpaired) electrons. The summed E-state index contributed by atoms with van der Waals surface area (Å²) in [5.41, 5.74) is 1.97. The topological polar surface area (TPSA) is 85.0 Å². The molecule has 0 N–H and O–H groups in total. The number of fused-ring (bicyclic) bond motifs is 1. The smallest absolute Gasteiger partial charge is 0.277 e. The zero-order chi connectivity index (χ0) is 21.2. The molecule has 5 rings (SSSR count). The van der Waals surface area contributed by atoms with Gasteiger partial charge in [-0.2, -0.15) is 0 Å². The summed E-state index contributed by atoms with van der Waals surface area (Å²) in [5.74, 6) is 1.22. The second-order valence-corrected chi connectivity index (χ2v) is 10.5. The number of aromatic nitrogens is 4. The van der Waals surface area contributed by atoms with E-state index in [-0.39, 0.29) is 5.91 Å². The zero-order valence-electron chi connectivity index (χ0n) is 17.0.